The van der Waals surface area contributed by atoms with E-state index in [1.54, 1.807) is 18.2 Å². The number of hydrogen-bond donors (Lipinski definition) is 2. The van der Waals surface area contributed by atoms with Gasteiger partial charge in [0.2, 0.25) is 0 Å². The number of halogens is 2. The molecule has 0 atom stereocenters. The molecule has 0 spiro atoms. The maximum atomic E-state index is 10.9. The molecule has 0 heterocycles. The third-order valence-corrected chi connectivity index (χ3v) is 3.62. The van der Waals surface area contributed by atoms with Gasteiger partial charge < -0.3 is 15.2 Å². The predicted octanol–water partition coefficient (Wildman–Crippen LogP) is 4.29. The molecule has 0 unspecified atom stereocenters. The second kappa shape index (κ2) is 7.33. The van der Waals surface area contributed by atoms with Crippen LogP contribution in [-0.4, -0.2) is 24.2 Å². The van der Waals surface area contributed by atoms with Gasteiger partial charge in [0.15, 0.2) is 0 Å². The van der Waals surface area contributed by atoms with Crippen molar-refractivity contribution in [2.75, 3.05) is 18.5 Å². The number of rotatable bonds is 6. The summed E-state index contributed by atoms with van der Waals surface area (Å²) in [6.45, 7) is 0.971. The Morgan fingerprint density at radius 3 is 2.86 bits per heavy atom. The monoisotopic (exact) mass is 369 g/mol. The van der Waals surface area contributed by atoms with Crippen LogP contribution in [0.25, 0.3) is 0 Å². The van der Waals surface area contributed by atoms with Gasteiger partial charge in [0, 0.05) is 16.0 Å². The lowest BCUT2D eigenvalue weighted by Crippen LogP contribution is -2.12. The van der Waals surface area contributed by atoms with E-state index in [9.17, 15) is 4.79 Å². The standard InChI is InChI=1S/C15H13BrClNO3/c16-13-5-4-11(17)9-14(13)18-6-7-21-12-3-1-2-10(8-12)15(19)20/h1-5,8-9,18H,6-7H2,(H,19,20). The Balaban J connectivity index is 1.86. The molecule has 0 saturated heterocycles. The summed E-state index contributed by atoms with van der Waals surface area (Å²) in [6, 6.07) is 11.9. The van der Waals surface area contributed by atoms with E-state index in [2.05, 4.69) is 21.2 Å². The fraction of sp³-hybridized carbons (Fsp3) is 0.133. The molecule has 6 heteroatoms. The Hall–Kier alpha value is -1.72. The van der Waals surface area contributed by atoms with E-state index < -0.39 is 5.97 Å². The number of carbonyl (C=O) groups is 1. The van der Waals surface area contributed by atoms with Gasteiger partial charge in [0.1, 0.15) is 12.4 Å². The molecule has 0 fully saturated rings. The van der Waals surface area contributed by atoms with Crippen molar-refractivity contribution in [2.45, 2.75) is 0 Å². The van der Waals surface area contributed by atoms with Crippen molar-refractivity contribution in [3.05, 3.63) is 57.5 Å². The van der Waals surface area contributed by atoms with Gasteiger partial charge in [-0.1, -0.05) is 17.7 Å². The largest absolute Gasteiger partial charge is 0.492 e. The molecule has 0 bridgehead atoms. The van der Waals surface area contributed by atoms with Gasteiger partial charge in [-0.05, 0) is 52.3 Å². The third kappa shape index (κ3) is 4.65. The highest BCUT2D eigenvalue weighted by molar-refractivity contribution is 9.10. The topological polar surface area (TPSA) is 58.6 Å². The zero-order valence-corrected chi connectivity index (χ0v) is 13.3. The minimum absolute atomic E-state index is 0.207. The summed E-state index contributed by atoms with van der Waals surface area (Å²) >= 11 is 9.35. The molecule has 2 aromatic rings. The Kier molecular flexibility index (Phi) is 5.47. The van der Waals surface area contributed by atoms with Crippen LogP contribution in [0.1, 0.15) is 10.4 Å². The van der Waals surface area contributed by atoms with E-state index >= 15 is 0 Å². The number of anilines is 1. The van der Waals surface area contributed by atoms with E-state index in [-0.39, 0.29) is 5.56 Å². The molecule has 0 aliphatic heterocycles. The van der Waals surface area contributed by atoms with Crippen LogP contribution in [0.4, 0.5) is 5.69 Å². The summed E-state index contributed by atoms with van der Waals surface area (Å²) in [5, 5.41) is 12.7. The number of carboxylic acids is 1. The van der Waals surface area contributed by atoms with Crippen molar-refractivity contribution < 1.29 is 14.6 Å². The molecule has 0 saturated carbocycles. The molecule has 0 amide bonds. The average molecular weight is 371 g/mol. The lowest BCUT2D eigenvalue weighted by Gasteiger charge is -2.10. The minimum Gasteiger partial charge on any atom is -0.492 e. The van der Waals surface area contributed by atoms with Crippen LogP contribution in [0, 0.1) is 0 Å². The molecule has 2 aromatic carbocycles. The number of hydrogen-bond acceptors (Lipinski definition) is 3. The molecule has 0 aliphatic carbocycles. The van der Waals surface area contributed by atoms with E-state index in [0.717, 1.165) is 10.2 Å². The van der Waals surface area contributed by atoms with Crippen LogP contribution in [-0.2, 0) is 0 Å². The van der Waals surface area contributed by atoms with Gasteiger partial charge in [0.25, 0.3) is 0 Å². The molecule has 4 nitrogen and oxygen atoms in total. The van der Waals surface area contributed by atoms with Crippen molar-refractivity contribution in [1.82, 2.24) is 0 Å². The maximum Gasteiger partial charge on any atom is 0.335 e. The van der Waals surface area contributed by atoms with E-state index in [4.69, 9.17) is 21.4 Å². The van der Waals surface area contributed by atoms with Crippen LogP contribution in [0.15, 0.2) is 46.9 Å². The van der Waals surface area contributed by atoms with Gasteiger partial charge in [-0.25, -0.2) is 4.79 Å². The third-order valence-electron chi connectivity index (χ3n) is 2.70. The van der Waals surface area contributed by atoms with E-state index in [1.807, 2.05) is 12.1 Å². The summed E-state index contributed by atoms with van der Waals surface area (Å²) in [4.78, 5) is 10.9. The fourth-order valence-corrected chi connectivity index (χ4v) is 2.27. The molecule has 21 heavy (non-hydrogen) atoms. The Morgan fingerprint density at radius 2 is 2.10 bits per heavy atom. The predicted molar refractivity (Wildman–Crippen MR) is 86.5 cm³/mol. The highest BCUT2D eigenvalue weighted by atomic mass is 79.9. The molecular formula is C15H13BrClNO3. The van der Waals surface area contributed by atoms with Gasteiger partial charge in [-0.3, -0.25) is 0 Å². The molecule has 0 radical (unpaired) electrons. The molecular weight excluding hydrogens is 358 g/mol. The molecule has 0 aromatic heterocycles. The number of ether oxygens (including phenoxy) is 1. The van der Waals surface area contributed by atoms with Crippen LogP contribution in [0.2, 0.25) is 5.02 Å². The number of aromatic carboxylic acids is 1. The molecule has 2 rings (SSSR count). The van der Waals surface area contributed by atoms with Gasteiger partial charge in [-0.15, -0.1) is 0 Å². The summed E-state index contributed by atoms with van der Waals surface area (Å²) in [6.07, 6.45) is 0. The highest BCUT2D eigenvalue weighted by Crippen LogP contribution is 2.25. The first-order valence-electron chi connectivity index (χ1n) is 6.21. The summed E-state index contributed by atoms with van der Waals surface area (Å²) in [7, 11) is 0. The summed E-state index contributed by atoms with van der Waals surface area (Å²) < 4.78 is 6.43. The summed E-state index contributed by atoms with van der Waals surface area (Å²) in [5.41, 5.74) is 1.09. The van der Waals surface area contributed by atoms with Crippen LogP contribution < -0.4 is 10.1 Å². The van der Waals surface area contributed by atoms with Gasteiger partial charge >= 0.3 is 5.97 Å². The average Bonchev–Trinajstić information content (AvgIpc) is 2.47. The molecule has 110 valence electrons. The lowest BCUT2D eigenvalue weighted by molar-refractivity contribution is 0.0696. The van der Waals surface area contributed by atoms with Gasteiger partial charge in [-0.2, -0.15) is 0 Å². The zero-order valence-electron chi connectivity index (χ0n) is 11.0. The first-order valence-corrected chi connectivity index (χ1v) is 7.38. The van der Waals surface area contributed by atoms with Gasteiger partial charge in [0.05, 0.1) is 11.3 Å². The van der Waals surface area contributed by atoms with Crippen molar-refractivity contribution in [3.8, 4) is 5.75 Å². The first kappa shape index (κ1) is 15.7. The maximum absolute atomic E-state index is 10.9. The van der Waals surface area contributed by atoms with E-state index in [0.29, 0.717) is 23.9 Å². The number of benzene rings is 2. The Labute approximate surface area is 135 Å². The summed E-state index contributed by atoms with van der Waals surface area (Å²) in [5.74, 6) is -0.441. The SMILES string of the molecule is O=C(O)c1cccc(OCCNc2cc(Cl)ccc2Br)c1. The van der Waals surface area contributed by atoms with Crippen LogP contribution in [0.3, 0.4) is 0 Å². The molecule has 2 N–H and O–H groups in total. The molecule has 0 aliphatic rings. The van der Waals surface area contributed by atoms with Crippen molar-refractivity contribution in [3.63, 3.8) is 0 Å². The lowest BCUT2D eigenvalue weighted by atomic mass is 10.2. The van der Waals surface area contributed by atoms with Crippen molar-refractivity contribution >= 4 is 39.2 Å². The fourth-order valence-electron chi connectivity index (χ4n) is 1.71. The highest BCUT2D eigenvalue weighted by Gasteiger charge is 2.04. The van der Waals surface area contributed by atoms with Crippen molar-refractivity contribution in [1.29, 1.82) is 0 Å². The van der Waals surface area contributed by atoms with Crippen LogP contribution in [0.5, 0.6) is 5.75 Å². The minimum atomic E-state index is -0.971. The zero-order chi connectivity index (χ0) is 15.2. The quantitative estimate of drug-likeness (QED) is 0.745. The first-order chi connectivity index (χ1) is 10.1. The number of carboxylic acid groups (broad SMARTS) is 1. The normalized spacial score (nSPS) is 10.2. The second-order valence-electron chi connectivity index (χ2n) is 4.23. The van der Waals surface area contributed by atoms with Crippen LogP contribution >= 0.6 is 27.5 Å². The second-order valence-corrected chi connectivity index (χ2v) is 5.52. The Morgan fingerprint density at radius 1 is 1.29 bits per heavy atom. The van der Waals surface area contributed by atoms with E-state index in [1.165, 1.54) is 12.1 Å². The van der Waals surface area contributed by atoms with Crippen molar-refractivity contribution in [2.24, 2.45) is 0 Å². The Bertz CT molecular complexity index is 649. The number of nitrogens with one attached hydrogen (secondary N) is 1. The smallest absolute Gasteiger partial charge is 0.335 e.